The minimum atomic E-state index is -0.513. The van der Waals surface area contributed by atoms with Gasteiger partial charge < -0.3 is 20.0 Å². The first-order valence-electron chi connectivity index (χ1n) is 9.25. The van der Waals surface area contributed by atoms with Crippen molar-refractivity contribution in [1.82, 2.24) is 4.90 Å². The number of rotatable bonds is 5. The van der Waals surface area contributed by atoms with Gasteiger partial charge in [0.25, 0.3) is 0 Å². The van der Waals surface area contributed by atoms with Crippen LogP contribution in [0.5, 0.6) is 0 Å². The number of nitrogens with one attached hydrogen (secondary N) is 2. The molecule has 1 atom stereocenters. The van der Waals surface area contributed by atoms with Crippen LogP contribution in [-0.2, 0) is 20.9 Å². The fourth-order valence-electron chi connectivity index (χ4n) is 2.93. The Kier molecular flexibility index (Phi) is 5.53. The summed E-state index contributed by atoms with van der Waals surface area (Å²) in [6, 6.07) is 10.6. The summed E-state index contributed by atoms with van der Waals surface area (Å²) in [6.45, 7) is 6.22. The molecule has 1 aromatic carbocycles. The summed E-state index contributed by atoms with van der Waals surface area (Å²) in [7, 11) is 0. The van der Waals surface area contributed by atoms with Crippen LogP contribution in [0.15, 0.2) is 47.1 Å². The van der Waals surface area contributed by atoms with Crippen LogP contribution in [-0.4, -0.2) is 29.2 Å². The molecular weight excluding hydrogens is 358 g/mol. The molecule has 3 amide bonds. The molecule has 28 heavy (non-hydrogen) atoms. The third-order valence-electron chi connectivity index (χ3n) is 4.58. The molecule has 0 aliphatic carbocycles. The maximum Gasteiger partial charge on any atom is 0.229 e. The highest BCUT2D eigenvalue weighted by Crippen LogP contribution is 2.24. The molecule has 7 heteroatoms. The Morgan fingerprint density at radius 3 is 2.50 bits per heavy atom. The van der Waals surface area contributed by atoms with Gasteiger partial charge in [0.15, 0.2) is 0 Å². The zero-order valence-electron chi connectivity index (χ0n) is 16.3. The van der Waals surface area contributed by atoms with E-state index in [1.165, 1.54) is 0 Å². The van der Waals surface area contributed by atoms with Crippen molar-refractivity contribution in [2.75, 3.05) is 17.2 Å². The predicted octanol–water partition coefficient (Wildman–Crippen LogP) is 3.25. The molecule has 148 valence electrons. The first-order chi connectivity index (χ1) is 13.2. The molecule has 0 saturated carbocycles. The van der Waals surface area contributed by atoms with Crippen molar-refractivity contribution >= 4 is 29.1 Å². The van der Waals surface area contributed by atoms with Crippen molar-refractivity contribution < 1.29 is 18.8 Å². The third-order valence-corrected chi connectivity index (χ3v) is 4.58. The molecular formula is C21H25N3O4. The second-order valence-electron chi connectivity index (χ2n) is 8.03. The smallest absolute Gasteiger partial charge is 0.229 e. The van der Waals surface area contributed by atoms with Crippen LogP contribution in [0.2, 0.25) is 0 Å². The van der Waals surface area contributed by atoms with E-state index in [9.17, 15) is 14.4 Å². The SMILES string of the molecule is CC(C)(C)C(=O)Nc1cccc(NC(=O)[C@H]2CC(=O)N(Cc3ccco3)C2)c1. The van der Waals surface area contributed by atoms with Crippen LogP contribution in [0, 0.1) is 11.3 Å². The minimum Gasteiger partial charge on any atom is -0.467 e. The predicted molar refractivity (Wildman–Crippen MR) is 105 cm³/mol. The average molecular weight is 383 g/mol. The Balaban J connectivity index is 1.60. The van der Waals surface area contributed by atoms with Gasteiger partial charge in [-0.1, -0.05) is 26.8 Å². The molecule has 0 spiro atoms. The van der Waals surface area contributed by atoms with Crippen molar-refractivity contribution in [3.63, 3.8) is 0 Å². The van der Waals surface area contributed by atoms with Gasteiger partial charge in [-0.2, -0.15) is 0 Å². The van der Waals surface area contributed by atoms with Crippen LogP contribution in [0.3, 0.4) is 0 Å². The van der Waals surface area contributed by atoms with Gasteiger partial charge in [0.05, 0.1) is 18.7 Å². The second kappa shape index (κ2) is 7.88. The van der Waals surface area contributed by atoms with Gasteiger partial charge in [0, 0.05) is 29.8 Å². The van der Waals surface area contributed by atoms with Gasteiger partial charge in [-0.15, -0.1) is 0 Å². The standard InChI is InChI=1S/C21H25N3O4/c1-21(2,3)20(27)23-16-7-4-6-15(11-16)22-19(26)14-10-18(25)24(12-14)13-17-8-5-9-28-17/h4-9,11,14H,10,12-13H2,1-3H3,(H,22,26)(H,23,27)/t14-/m0/s1. The lowest BCUT2D eigenvalue weighted by atomic mass is 9.95. The topological polar surface area (TPSA) is 91.7 Å². The van der Waals surface area contributed by atoms with E-state index in [0.717, 1.165) is 0 Å². The Morgan fingerprint density at radius 1 is 1.14 bits per heavy atom. The molecule has 0 unspecified atom stereocenters. The van der Waals surface area contributed by atoms with Crippen LogP contribution in [0.25, 0.3) is 0 Å². The molecule has 7 nitrogen and oxygen atoms in total. The number of hydrogen-bond donors (Lipinski definition) is 2. The molecule has 2 N–H and O–H groups in total. The van der Waals surface area contributed by atoms with Gasteiger partial charge in [-0.25, -0.2) is 0 Å². The zero-order valence-corrected chi connectivity index (χ0v) is 16.3. The molecule has 0 radical (unpaired) electrons. The van der Waals surface area contributed by atoms with Gasteiger partial charge >= 0.3 is 0 Å². The number of carbonyl (C=O) groups excluding carboxylic acids is 3. The number of benzene rings is 1. The van der Waals surface area contributed by atoms with Gasteiger partial charge in [0.2, 0.25) is 17.7 Å². The monoisotopic (exact) mass is 383 g/mol. The fraction of sp³-hybridized carbons (Fsp3) is 0.381. The highest BCUT2D eigenvalue weighted by Gasteiger charge is 2.34. The molecule has 1 aliphatic heterocycles. The lowest BCUT2D eigenvalue weighted by Crippen LogP contribution is -2.28. The summed E-state index contributed by atoms with van der Waals surface area (Å²) in [6.07, 6.45) is 1.73. The fourth-order valence-corrected chi connectivity index (χ4v) is 2.93. The number of furan rings is 1. The van der Waals surface area contributed by atoms with E-state index in [1.807, 2.05) is 20.8 Å². The van der Waals surface area contributed by atoms with Crippen molar-refractivity contribution in [3.05, 3.63) is 48.4 Å². The summed E-state index contributed by atoms with van der Waals surface area (Å²) < 4.78 is 5.27. The number of carbonyl (C=O) groups is 3. The largest absolute Gasteiger partial charge is 0.467 e. The van der Waals surface area contributed by atoms with E-state index in [4.69, 9.17) is 4.42 Å². The van der Waals surface area contributed by atoms with Gasteiger partial charge in [0.1, 0.15) is 5.76 Å². The Bertz CT molecular complexity index is 868. The van der Waals surface area contributed by atoms with E-state index in [2.05, 4.69) is 10.6 Å². The molecule has 2 heterocycles. The first-order valence-corrected chi connectivity index (χ1v) is 9.25. The first kappa shape index (κ1) is 19.7. The molecule has 0 bridgehead atoms. The summed E-state index contributed by atoms with van der Waals surface area (Å²) in [5.74, 6) is -0.116. The Morgan fingerprint density at radius 2 is 1.86 bits per heavy atom. The number of amides is 3. The third kappa shape index (κ3) is 4.79. The normalized spacial score (nSPS) is 16.9. The lowest BCUT2D eigenvalue weighted by Gasteiger charge is -2.18. The lowest BCUT2D eigenvalue weighted by molar-refractivity contribution is -0.129. The van der Waals surface area contributed by atoms with Crippen molar-refractivity contribution in [1.29, 1.82) is 0 Å². The summed E-state index contributed by atoms with van der Waals surface area (Å²) in [5.41, 5.74) is 0.675. The van der Waals surface area contributed by atoms with Gasteiger partial charge in [-0.05, 0) is 30.3 Å². The Labute approximate surface area is 164 Å². The van der Waals surface area contributed by atoms with Crippen LogP contribution >= 0.6 is 0 Å². The molecule has 1 fully saturated rings. The molecule has 1 aliphatic rings. The number of likely N-dealkylation sites (tertiary alicyclic amines) is 1. The summed E-state index contributed by atoms with van der Waals surface area (Å²) >= 11 is 0. The highest BCUT2D eigenvalue weighted by atomic mass is 16.3. The van der Waals surface area contributed by atoms with Gasteiger partial charge in [-0.3, -0.25) is 14.4 Å². The van der Waals surface area contributed by atoms with E-state index in [0.29, 0.717) is 30.2 Å². The minimum absolute atomic E-state index is 0.0669. The molecule has 1 saturated heterocycles. The van der Waals surface area contributed by atoms with E-state index in [-0.39, 0.29) is 24.1 Å². The number of hydrogen-bond acceptors (Lipinski definition) is 4. The van der Waals surface area contributed by atoms with Crippen LogP contribution in [0.1, 0.15) is 33.0 Å². The molecule has 2 aromatic rings. The van der Waals surface area contributed by atoms with E-state index in [1.54, 1.807) is 47.6 Å². The maximum absolute atomic E-state index is 12.6. The Hall–Kier alpha value is -3.09. The summed E-state index contributed by atoms with van der Waals surface area (Å²) in [4.78, 5) is 38.6. The quantitative estimate of drug-likeness (QED) is 0.829. The average Bonchev–Trinajstić information content (AvgIpc) is 3.25. The second-order valence-corrected chi connectivity index (χ2v) is 8.03. The van der Waals surface area contributed by atoms with E-state index >= 15 is 0 Å². The van der Waals surface area contributed by atoms with Crippen molar-refractivity contribution in [2.45, 2.75) is 33.7 Å². The van der Waals surface area contributed by atoms with E-state index < -0.39 is 11.3 Å². The van der Waals surface area contributed by atoms with Crippen LogP contribution in [0.4, 0.5) is 11.4 Å². The maximum atomic E-state index is 12.6. The zero-order chi connectivity index (χ0) is 20.3. The molecule has 3 rings (SSSR count). The number of nitrogens with zero attached hydrogens (tertiary/aromatic N) is 1. The molecule has 1 aromatic heterocycles. The van der Waals surface area contributed by atoms with Crippen molar-refractivity contribution in [2.24, 2.45) is 11.3 Å². The van der Waals surface area contributed by atoms with Crippen LogP contribution < -0.4 is 10.6 Å². The van der Waals surface area contributed by atoms with Crippen molar-refractivity contribution in [3.8, 4) is 0 Å². The number of anilines is 2. The summed E-state index contributed by atoms with van der Waals surface area (Å²) in [5, 5.41) is 5.68. The highest BCUT2D eigenvalue weighted by molar-refractivity contribution is 5.98.